The Hall–Kier alpha value is -0.110. The van der Waals surface area contributed by atoms with Crippen molar-refractivity contribution < 1.29 is 8.78 Å². The summed E-state index contributed by atoms with van der Waals surface area (Å²) < 4.78 is 25.4. The van der Waals surface area contributed by atoms with E-state index in [1.807, 2.05) is 0 Å². The van der Waals surface area contributed by atoms with Crippen LogP contribution in [0.5, 0.6) is 0 Å². The van der Waals surface area contributed by atoms with Crippen molar-refractivity contribution in [1.82, 2.24) is 0 Å². The molecule has 0 amide bonds. The molecule has 0 fully saturated rings. The first kappa shape index (κ1) is 7.99. The molecule has 0 heterocycles. The highest BCUT2D eigenvalue weighted by Crippen LogP contribution is 2.25. The minimum absolute atomic E-state index is 0.0622. The molecule has 3 heteroatoms. The summed E-state index contributed by atoms with van der Waals surface area (Å²) in [6.07, 6.45) is 0.915. The van der Waals surface area contributed by atoms with Crippen LogP contribution in [-0.2, 0) is 0 Å². The van der Waals surface area contributed by atoms with Crippen molar-refractivity contribution in [2.75, 3.05) is 5.88 Å². The number of halogens is 3. The molecule has 1 rings (SSSR count). The number of alkyl halides is 3. The van der Waals surface area contributed by atoms with Crippen LogP contribution >= 0.6 is 11.6 Å². The molecule has 0 bridgehead atoms. The van der Waals surface area contributed by atoms with Gasteiger partial charge in [0.15, 0.2) is 0 Å². The van der Waals surface area contributed by atoms with Crippen LogP contribution in [0.1, 0.15) is 6.42 Å². The molecule has 0 saturated heterocycles. The van der Waals surface area contributed by atoms with Crippen LogP contribution in [0.15, 0.2) is 12.2 Å². The van der Waals surface area contributed by atoms with Gasteiger partial charge in [-0.05, 0) is 6.42 Å². The van der Waals surface area contributed by atoms with Gasteiger partial charge in [0.05, 0.1) is 0 Å². The van der Waals surface area contributed by atoms with E-state index in [4.69, 9.17) is 11.6 Å². The number of allylic oxidation sites excluding steroid dienone is 2. The summed E-state index contributed by atoms with van der Waals surface area (Å²) in [5.74, 6) is -0.571. The highest BCUT2D eigenvalue weighted by Gasteiger charge is 2.29. The molecule has 58 valence electrons. The van der Waals surface area contributed by atoms with E-state index in [-0.39, 0.29) is 5.88 Å². The molecular formula is C7H9ClF2. The second-order valence-corrected chi connectivity index (χ2v) is 2.75. The van der Waals surface area contributed by atoms with E-state index in [1.165, 1.54) is 12.2 Å². The summed E-state index contributed by atoms with van der Waals surface area (Å²) in [4.78, 5) is 0. The molecule has 0 aromatic rings. The molecule has 0 aromatic carbocycles. The van der Waals surface area contributed by atoms with Crippen molar-refractivity contribution in [1.29, 1.82) is 0 Å². The Morgan fingerprint density at radius 3 is 2.60 bits per heavy atom. The smallest absolute Gasteiger partial charge is 0.125 e. The zero-order valence-corrected chi connectivity index (χ0v) is 6.19. The standard InChI is InChI=1S/C7H9ClF2/c8-4-5-6(9)2-1-3-7(5)10/h1-2,5-7H,3-4H2/t5?,6-,7?/m1/s1. The first-order chi connectivity index (χ1) is 4.75. The van der Waals surface area contributed by atoms with Crippen LogP contribution in [0.3, 0.4) is 0 Å². The fraction of sp³-hybridized carbons (Fsp3) is 0.714. The maximum absolute atomic E-state index is 12.7. The van der Waals surface area contributed by atoms with Crippen molar-refractivity contribution in [3.63, 3.8) is 0 Å². The molecule has 0 spiro atoms. The Morgan fingerprint density at radius 1 is 1.50 bits per heavy atom. The van der Waals surface area contributed by atoms with Gasteiger partial charge in [-0.2, -0.15) is 0 Å². The van der Waals surface area contributed by atoms with E-state index in [2.05, 4.69) is 0 Å². The van der Waals surface area contributed by atoms with Crippen molar-refractivity contribution >= 4 is 11.6 Å². The van der Waals surface area contributed by atoms with Gasteiger partial charge in [-0.1, -0.05) is 12.2 Å². The molecule has 10 heavy (non-hydrogen) atoms. The first-order valence-electron chi connectivity index (χ1n) is 3.26. The van der Waals surface area contributed by atoms with Crippen molar-refractivity contribution in [2.45, 2.75) is 18.8 Å². The minimum Gasteiger partial charge on any atom is -0.247 e. The molecule has 3 atom stereocenters. The maximum atomic E-state index is 12.7. The van der Waals surface area contributed by atoms with Gasteiger partial charge in [0, 0.05) is 11.8 Å². The van der Waals surface area contributed by atoms with Gasteiger partial charge < -0.3 is 0 Å². The molecule has 2 unspecified atom stereocenters. The fourth-order valence-corrected chi connectivity index (χ4v) is 1.40. The highest BCUT2D eigenvalue weighted by atomic mass is 35.5. The van der Waals surface area contributed by atoms with E-state index < -0.39 is 18.3 Å². The molecule has 0 saturated carbocycles. The molecule has 0 aromatic heterocycles. The zero-order valence-electron chi connectivity index (χ0n) is 5.43. The average Bonchev–Trinajstić information content (AvgIpc) is 1.88. The van der Waals surface area contributed by atoms with Gasteiger partial charge in [-0.3, -0.25) is 0 Å². The lowest BCUT2D eigenvalue weighted by atomic mass is 9.93. The number of hydrogen-bond acceptors (Lipinski definition) is 0. The Labute approximate surface area is 63.9 Å². The topological polar surface area (TPSA) is 0 Å². The van der Waals surface area contributed by atoms with Crippen LogP contribution in [0.4, 0.5) is 8.78 Å². The van der Waals surface area contributed by atoms with Crippen LogP contribution in [0, 0.1) is 5.92 Å². The summed E-state index contributed by atoms with van der Waals surface area (Å²) in [7, 11) is 0. The van der Waals surface area contributed by atoms with Crippen molar-refractivity contribution in [2.24, 2.45) is 5.92 Å². The second kappa shape index (κ2) is 3.33. The van der Waals surface area contributed by atoms with Gasteiger partial charge >= 0.3 is 0 Å². The lowest BCUT2D eigenvalue weighted by molar-refractivity contribution is 0.161. The zero-order chi connectivity index (χ0) is 7.56. The SMILES string of the molecule is FC1CC=C[C@@H](F)C1CCl. The van der Waals surface area contributed by atoms with E-state index in [1.54, 1.807) is 0 Å². The van der Waals surface area contributed by atoms with Gasteiger partial charge in [-0.25, -0.2) is 8.78 Å². The van der Waals surface area contributed by atoms with E-state index >= 15 is 0 Å². The monoisotopic (exact) mass is 166 g/mol. The molecule has 1 aliphatic carbocycles. The van der Waals surface area contributed by atoms with E-state index in [9.17, 15) is 8.78 Å². The third-order valence-electron chi connectivity index (χ3n) is 1.73. The van der Waals surface area contributed by atoms with Crippen molar-refractivity contribution in [3.8, 4) is 0 Å². The Bertz CT molecular complexity index is 136. The Balaban J connectivity index is 2.58. The number of hydrogen-bond donors (Lipinski definition) is 0. The van der Waals surface area contributed by atoms with Gasteiger partial charge in [0.2, 0.25) is 0 Å². The predicted octanol–water partition coefficient (Wildman–Crippen LogP) is 2.48. The van der Waals surface area contributed by atoms with E-state index in [0.29, 0.717) is 6.42 Å². The Morgan fingerprint density at radius 2 is 2.20 bits per heavy atom. The average molecular weight is 167 g/mol. The highest BCUT2D eigenvalue weighted by molar-refractivity contribution is 6.18. The predicted molar refractivity (Wildman–Crippen MR) is 37.8 cm³/mol. The lowest BCUT2D eigenvalue weighted by Gasteiger charge is -2.22. The normalized spacial score (nSPS) is 40.1. The number of rotatable bonds is 1. The maximum Gasteiger partial charge on any atom is 0.125 e. The minimum atomic E-state index is -1.19. The van der Waals surface area contributed by atoms with Gasteiger partial charge in [0.1, 0.15) is 12.3 Å². The van der Waals surface area contributed by atoms with Crippen LogP contribution < -0.4 is 0 Å². The summed E-state index contributed by atoms with van der Waals surface area (Å²) in [5, 5.41) is 0. The third-order valence-corrected chi connectivity index (χ3v) is 2.09. The summed E-state index contributed by atoms with van der Waals surface area (Å²) in [5.41, 5.74) is 0. The molecular weight excluding hydrogens is 158 g/mol. The largest absolute Gasteiger partial charge is 0.247 e. The van der Waals surface area contributed by atoms with Crippen LogP contribution in [0.25, 0.3) is 0 Å². The molecule has 0 nitrogen and oxygen atoms in total. The Kier molecular flexibility index (Phi) is 2.66. The van der Waals surface area contributed by atoms with E-state index in [0.717, 1.165) is 0 Å². The molecule has 0 aliphatic heterocycles. The lowest BCUT2D eigenvalue weighted by Crippen LogP contribution is -2.29. The van der Waals surface area contributed by atoms with Gasteiger partial charge in [0.25, 0.3) is 0 Å². The van der Waals surface area contributed by atoms with Gasteiger partial charge in [-0.15, -0.1) is 11.6 Å². The van der Waals surface area contributed by atoms with Crippen LogP contribution in [0.2, 0.25) is 0 Å². The summed E-state index contributed by atoms with van der Waals surface area (Å²) >= 11 is 5.36. The second-order valence-electron chi connectivity index (χ2n) is 2.44. The third kappa shape index (κ3) is 1.48. The molecule has 0 radical (unpaired) electrons. The molecule has 0 N–H and O–H groups in total. The van der Waals surface area contributed by atoms with Crippen molar-refractivity contribution in [3.05, 3.63) is 12.2 Å². The van der Waals surface area contributed by atoms with Crippen LogP contribution in [-0.4, -0.2) is 18.2 Å². The first-order valence-corrected chi connectivity index (χ1v) is 3.80. The summed E-state index contributed by atoms with van der Waals surface area (Å²) in [6.45, 7) is 0. The molecule has 1 aliphatic rings. The summed E-state index contributed by atoms with van der Waals surface area (Å²) in [6, 6.07) is 0. The quantitative estimate of drug-likeness (QED) is 0.415. The fourth-order valence-electron chi connectivity index (χ4n) is 1.04.